The Morgan fingerprint density at radius 2 is 1.16 bits per heavy atom. The molecular weight excluding hydrogens is 394 g/mol. The molecule has 0 heterocycles. The minimum Gasteiger partial charge on any atom is -0.457 e. The molecule has 0 fully saturated rings. The van der Waals surface area contributed by atoms with E-state index in [-0.39, 0.29) is 30.3 Å². The van der Waals surface area contributed by atoms with Crippen LogP contribution in [0.1, 0.15) is 43.9 Å². The van der Waals surface area contributed by atoms with Crippen molar-refractivity contribution in [2.45, 2.75) is 12.8 Å². The standard InChI is InChI=1S/C25H21NO5/c27-22(18-7-3-1-4-8-18)15-16-24(29)31-17-23(28)19-11-13-21(14-12-19)26-25(30)20-9-5-2-6-10-20/h1-14H,15-17H2,(H,26,30). The van der Waals surface area contributed by atoms with Crippen LogP contribution in [0.4, 0.5) is 5.69 Å². The van der Waals surface area contributed by atoms with Crippen molar-refractivity contribution < 1.29 is 23.9 Å². The van der Waals surface area contributed by atoms with Crippen molar-refractivity contribution in [2.24, 2.45) is 0 Å². The number of ether oxygens (including phenoxy) is 1. The summed E-state index contributed by atoms with van der Waals surface area (Å²) in [5, 5.41) is 2.75. The molecular formula is C25H21NO5. The van der Waals surface area contributed by atoms with Crippen LogP contribution in [0.3, 0.4) is 0 Å². The summed E-state index contributed by atoms with van der Waals surface area (Å²) in [5.74, 6) is -1.39. The molecule has 0 spiro atoms. The Morgan fingerprint density at radius 3 is 1.77 bits per heavy atom. The van der Waals surface area contributed by atoms with E-state index in [1.807, 2.05) is 6.07 Å². The quantitative estimate of drug-likeness (QED) is 0.415. The molecule has 6 nitrogen and oxygen atoms in total. The van der Waals surface area contributed by atoms with E-state index in [4.69, 9.17) is 4.74 Å². The molecule has 1 amide bonds. The van der Waals surface area contributed by atoms with Gasteiger partial charge >= 0.3 is 5.97 Å². The van der Waals surface area contributed by atoms with Crippen LogP contribution >= 0.6 is 0 Å². The molecule has 3 aromatic carbocycles. The third-order valence-corrected chi connectivity index (χ3v) is 4.52. The summed E-state index contributed by atoms with van der Waals surface area (Å²) in [6, 6.07) is 23.8. The zero-order valence-corrected chi connectivity index (χ0v) is 16.7. The van der Waals surface area contributed by atoms with Gasteiger partial charge < -0.3 is 10.1 Å². The van der Waals surface area contributed by atoms with Gasteiger partial charge in [-0.1, -0.05) is 48.5 Å². The number of anilines is 1. The number of hydrogen-bond donors (Lipinski definition) is 1. The van der Waals surface area contributed by atoms with Gasteiger partial charge in [0.15, 0.2) is 18.2 Å². The van der Waals surface area contributed by atoms with E-state index in [0.29, 0.717) is 22.4 Å². The fourth-order valence-corrected chi connectivity index (χ4v) is 2.82. The molecule has 1 N–H and O–H groups in total. The third-order valence-electron chi connectivity index (χ3n) is 4.52. The van der Waals surface area contributed by atoms with Crippen LogP contribution in [0.15, 0.2) is 84.9 Å². The molecule has 6 heteroatoms. The molecule has 0 saturated carbocycles. The van der Waals surface area contributed by atoms with Crippen molar-refractivity contribution in [3.63, 3.8) is 0 Å². The lowest BCUT2D eigenvalue weighted by atomic mass is 10.1. The number of hydrogen-bond acceptors (Lipinski definition) is 5. The van der Waals surface area contributed by atoms with Crippen molar-refractivity contribution in [3.8, 4) is 0 Å². The number of amides is 1. The Kier molecular flexibility index (Phi) is 7.43. The van der Waals surface area contributed by atoms with Crippen LogP contribution in [0.25, 0.3) is 0 Å². The maximum absolute atomic E-state index is 12.2. The minimum absolute atomic E-state index is 0.0207. The molecule has 156 valence electrons. The molecule has 0 saturated heterocycles. The topological polar surface area (TPSA) is 89.5 Å². The normalized spacial score (nSPS) is 10.2. The van der Waals surface area contributed by atoms with Gasteiger partial charge in [0, 0.05) is 28.8 Å². The maximum Gasteiger partial charge on any atom is 0.306 e. The molecule has 0 aromatic heterocycles. The van der Waals surface area contributed by atoms with Crippen molar-refractivity contribution >= 4 is 29.1 Å². The Hall–Kier alpha value is -4.06. The van der Waals surface area contributed by atoms with Gasteiger partial charge in [-0.3, -0.25) is 19.2 Å². The Labute approximate surface area is 179 Å². The largest absolute Gasteiger partial charge is 0.457 e. The average Bonchev–Trinajstić information content (AvgIpc) is 2.82. The molecule has 3 rings (SSSR count). The number of carbonyl (C=O) groups excluding carboxylic acids is 4. The van der Waals surface area contributed by atoms with Crippen LogP contribution in [0, 0.1) is 0 Å². The van der Waals surface area contributed by atoms with Gasteiger partial charge in [0.05, 0.1) is 6.42 Å². The molecule has 0 atom stereocenters. The summed E-state index contributed by atoms with van der Waals surface area (Å²) in [6.07, 6.45) is -0.0711. The first kappa shape index (κ1) is 21.6. The zero-order chi connectivity index (χ0) is 22.1. The number of rotatable bonds is 9. The van der Waals surface area contributed by atoms with Crippen molar-refractivity contribution in [2.75, 3.05) is 11.9 Å². The number of ketones is 2. The number of benzene rings is 3. The molecule has 0 radical (unpaired) electrons. The van der Waals surface area contributed by atoms with E-state index in [2.05, 4.69) is 5.32 Å². The average molecular weight is 415 g/mol. The highest BCUT2D eigenvalue weighted by molar-refractivity contribution is 6.04. The summed E-state index contributed by atoms with van der Waals surface area (Å²) >= 11 is 0. The van der Waals surface area contributed by atoms with Gasteiger partial charge in [-0.05, 0) is 36.4 Å². The second kappa shape index (κ2) is 10.6. The zero-order valence-electron chi connectivity index (χ0n) is 16.7. The Morgan fingerprint density at radius 1 is 0.613 bits per heavy atom. The van der Waals surface area contributed by atoms with E-state index >= 15 is 0 Å². The number of esters is 1. The highest BCUT2D eigenvalue weighted by atomic mass is 16.5. The Bertz CT molecular complexity index is 1060. The van der Waals surface area contributed by atoms with Crippen molar-refractivity contribution in [1.82, 2.24) is 0 Å². The van der Waals surface area contributed by atoms with Crippen LogP contribution in [-0.2, 0) is 9.53 Å². The van der Waals surface area contributed by atoms with E-state index < -0.39 is 12.6 Å². The molecule has 31 heavy (non-hydrogen) atoms. The molecule has 3 aromatic rings. The highest BCUT2D eigenvalue weighted by Gasteiger charge is 2.13. The smallest absolute Gasteiger partial charge is 0.306 e. The highest BCUT2D eigenvalue weighted by Crippen LogP contribution is 2.13. The third kappa shape index (κ3) is 6.47. The van der Waals surface area contributed by atoms with Crippen LogP contribution in [0.5, 0.6) is 0 Å². The fourth-order valence-electron chi connectivity index (χ4n) is 2.82. The van der Waals surface area contributed by atoms with Gasteiger partial charge in [-0.25, -0.2) is 0 Å². The van der Waals surface area contributed by atoms with Crippen LogP contribution in [-0.4, -0.2) is 30.0 Å². The van der Waals surface area contributed by atoms with Crippen LogP contribution in [0.2, 0.25) is 0 Å². The minimum atomic E-state index is -0.607. The van der Waals surface area contributed by atoms with E-state index in [9.17, 15) is 19.2 Å². The molecule has 0 aliphatic heterocycles. The predicted molar refractivity (Wildman–Crippen MR) is 116 cm³/mol. The van der Waals surface area contributed by atoms with Crippen LogP contribution < -0.4 is 5.32 Å². The molecule has 0 bridgehead atoms. The van der Waals surface area contributed by atoms with Gasteiger partial charge in [0.2, 0.25) is 0 Å². The fraction of sp³-hybridized carbons (Fsp3) is 0.120. The van der Waals surface area contributed by atoms with Gasteiger partial charge in [0.1, 0.15) is 0 Å². The first-order chi connectivity index (χ1) is 15.0. The SMILES string of the molecule is O=C(CCC(=O)c1ccccc1)OCC(=O)c1ccc(NC(=O)c2ccccc2)cc1. The second-order valence-electron chi connectivity index (χ2n) is 6.77. The summed E-state index contributed by atoms with van der Waals surface area (Å²) in [7, 11) is 0. The van der Waals surface area contributed by atoms with Gasteiger partial charge in [-0.2, -0.15) is 0 Å². The number of carbonyl (C=O) groups is 4. The lowest BCUT2D eigenvalue weighted by Gasteiger charge is -2.07. The van der Waals surface area contributed by atoms with Gasteiger partial charge in [-0.15, -0.1) is 0 Å². The second-order valence-corrected chi connectivity index (χ2v) is 6.77. The van der Waals surface area contributed by atoms with E-state index in [1.165, 1.54) is 0 Å². The first-order valence-corrected chi connectivity index (χ1v) is 9.76. The Balaban J connectivity index is 1.44. The lowest BCUT2D eigenvalue weighted by Crippen LogP contribution is -2.15. The van der Waals surface area contributed by atoms with Crippen molar-refractivity contribution in [1.29, 1.82) is 0 Å². The lowest BCUT2D eigenvalue weighted by molar-refractivity contribution is -0.142. The maximum atomic E-state index is 12.2. The molecule has 0 aliphatic rings. The summed E-state index contributed by atoms with van der Waals surface area (Å²) < 4.78 is 4.99. The number of Topliss-reactive ketones (excluding diaryl/α,β-unsaturated/α-hetero) is 2. The molecule has 0 aliphatic carbocycles. The molecule has 0 unspecified atom stereocenters. The van der Waals surface area contributed by atoms with E-state index in [1.54, 1.807) is 78.9 Å². The summed E-state index contributed by atoms with van der Waals surface area (Å²) in [4.78, 5) is 48.2. The van der Waals surface area contributed by atoms with Crippen molar-refractivity contribution in [3.05, 3.63) is 102 Å². The first-order valence-electron chi connectivity index (χ1n) is 9.76. The predicted octanol–water partition coefficient (Wildman–Crippen LogP) is 4.33. The summed E-state index contributed by atoms with van der Waals surface area (Å²) in [5.41, 5.74) is 1.96. The van der Waals surface area contributed by atoms with E-state index in [0.717, 1.165) is 0 Å². The monoisotopic (exact) mass is 415 g/mol. The number of nitrogens with one attached hydrogen (secondary N) is 1. The summed E-state index contributed by atoms with van der Waals surface area (Å²) in [6.45, 7) is -0.409. The van der Waals surface area contributed by atoms with Gasteiger partial charge in [0.25, 0.3) is 5.91 Å².